The second kappa shape index (κ2) is 6.15. The van der Waals surface area contributed by atoms with E-state index in [1.54, 1.807) is 24.9 Å². The average Bonchev–Trinajstić information content (AvgIpc) is 2.45. The van der Waals surface area contributed by atoms with Crippen molar-refractivity contribution in [3.63, 3.8) is 0 Å². The monoisotopic (exact) mass is 341 g/mol. The van der Waals surface area contributed by atoms with E-state index in [0.29, 0.717) is 17.8 Å². The molecule has 23 heavy (non-hydrogen) atoms. The molecule has 0 saturated carbocycles. The summed E-state index contributed by atoms with van der Waals surface area (Å²) >= 11 is 0. The number of rotatable bonds is 5. The highest BCUT2D eigenvalue weighted by Crippen LogP contribution is 2.20. The number of nitrogens with zero attached hydrogens (tertiary/aromatic N) is 2. The van der Waals surface area contributed by atoms with Gasteiger partial charge in [-0.1, -0.05) is 0 Å². The van der Waals surface area contributed by atoms with Gasteiger partial charge < -0.3 is 15.3 Å². The summed E-state index contributed by atoms with van der Waals surface area (Å²) in [7, 11) is -3.42. The predicted molar refractivity (Wildman–Crippen MR) is 84.2 cm³/mol. The number of carboxylic acid groups (broad SMARTS) is 1. The van der Waals surface area contributed by atoms with Crippen LogP contribution in [0.4, 0.5) is 0 Å². The van der Waals surface area contributed by atoms with Gasteiger partial charge in [0.1, 0.15) is 5.84 Å². The first-order valence-corrected chi connectivity index (χ1v) is 8.72. The molecule has 2 N–H and O–H groups in total. The van der Waals surface area contributed by atoms with Crippen LogP contribution in [-0.2, 0) is 19.6 Å². The fourth-order valence-corrected chi connectivity index (χ4v) is 3.00. The van der Waals surface area contributed by atoms with Crippen molar-refractivity contribution in [2.24, 2.45) is 9.81 Å². The van der Waals surface area contributed by atoms with E-state index in [-0.39, 0.29) is 24.7 Å². The van der Waals surface area contributed by atoms with Gasteiger partial charge in [-0.15, -0.1) is 4.40 Å². The average molecular weight is 341 g/mol. The van der Waals surface area contributed by atoms with Crippen molar-refractivity contribution in [2.45, 2.75) is 20.3 Å². The summed E-state index contributed by atoms with van der Waals surface area (Å²) in [5.41, 5.74) is -0.540. The van der Waals surface area contributed by atoms with Gasteiger partial charge in [0.25, 0.3) is 15.9 Å². The lowest BCUT2D eigenvalue weighted by Gasteiger charge is -2.27. The van der Waals surface area contributed by atoms with Crippen LogP contribution < -0.4 is 5.32 Å². The fraction of sp³-hybridized carbons (Fsp3) is 0.500. The number of nitrogens with one attached hydrogen (secondary N) is 1. The zero-order valence-corrected chi connectivity index (χ0v) is 13.8. The van der Waals surface area contributed by atoms with Crippen LogP contribution in [0.1, 0.15) is 20.3 Å². The van der Waals surface area contributed by atoms with E-state index in [0.717, 1.165) is 0 Å². The molecule has 0 aliphatic carbocycles. The summed E-state index contributed by atoms with van der Waals surface area (Å²) in [4.78, 5) is 24.7. The van der Waals surface area contributed by atoms with Crippen molar-refractivity contribution >= 4 is 27.7 Å². The molecule has 9 heteroatoms. The standard InChI is InChI=1S/C14H19N3O5S/c1-14(2,13(19)20)5-6-15-12(18)10-3-4-11-16-23(21,22)8-7-17(11)9-10/h3-4,9H,5-8H2,1-2H3,(H,15,18)(H,19,20). The van der Waals surface area contributed by atoms with Crippen molar-refractivity contribution in [3.05, 3.63) is 23.9 Å². The summed E-state index contributed by atoms with van der Waals surface area (Å²) in [6, 6.07) is 0. The molecule has 0 unspecified atom stereocenters. The third kappa shape index (κ3) is 4.19. The zero-order valence-electron chi connectivity index (χ0n) is 12.9. The Morgan fingerprint density at radius 1 is 1.39 bits per heavy atom. The summed E-state index contributed by atoms with van der Waals surface area (Å²) in [6.07, 6.45) is 4.82. The summed E-state index contributed by atoms with van der Waals surface area (Å²) < 4.78 is 26.5. The molecular weight excluding hydrogens is 322 g/mol. The number of hydrogen-bond donors (Lipinski definition) is 2. The first-order chi connectivity index (χ1) is 10.6. The molecule has 8 nitrogen and oxygen atoms in total. The van der Waals surface area contributed by atoms with Gasteiger partial charge in [-0.05, 0) is 32.4 Å². The van der Waals surface area contributed by atoms with Crippen molar-refractivity contribution in [1.82, 2.24) is 10.2 Å². The van der Waals surface area contributed by atoms with Crippen LogP contribution in [0.5, 0.6) is 0 Å². The van der Waals surface area contributed by atoms with E-state index < -0.39 is 21.4 Å². The lowest BCUT2D eigenvalue weighted by Crippen LogP contribution is -2.38. The number of aliphatic carboxylic acids is 1. The number of carbonyl (C=O) groups is 2. The number of amidine groups is 1. The number of carboxylic acids is 1. The molecule has 0 spiro atoms. The van der Waals surface area contributed by atoms with Crippen molar-refractivity contribution < 1.29 is 23.1 Å². The largest absolute Gasteiger partial charge is 0.481 e. The van der Waals surface area contributed by atoms with E-state index in [1.165, 1.54) is 12.2 Å². The Labute approximate surface area is 134 Å². The second-order valence-corrected chi connectivity index (χ2v) is 7.80. The van der Waals surface area contributed by atoms with Gasteiger partial charge >= 0.3 is 5.97 Å². The minimum absolute atomic E-state index is 0.0947. The normalized spacial score (nSPS) is 19.5. The highest BCUT2D eigenvalue weighted by Gasteiger charge is 2.27. The van der Waals surface area contributed by atoms with Crippen LogP contribution >= 0.6 is 0 Å². The number of fused-ring (bicyclic) bond motifs is 1. The van der Waals surface area contributed by atoms with Crippen molar-refractivity contribution in [2.75, 3.05) is 18.8 Å². The number of amides is 1. The first-order valence-electron chi connectivity index (χ1n) is 7.11. The Bertz CT molecular complexity index is 719. The summed E-state index contributed by atoms with van der Waals surface area (Å²) in [5, 5.41) is 11.7. The van der Waals surface area contributed by atoms with Crippen molar-refractivity contribution in [1.29, 1.82) is 0 Å². The molecule has 0 bridgehead atoms. The third-order valence-electron chi connectivity index (χ3n) is 3.70. The van der Waals surface area contributed by atoms with Gasteiger partial charge in [-0.3, -0.25) is 9.59 Å². The number of carbonyl (C=O) groups excluding carboxylic acids is 1. The maximum atomic E-state index is 12.1. The summed E-state index contributed by atoms with van der Waals surface area (Å²) in [5.74, 6) is -1.06. The van der Waals surface area contributed by atoms with E-state index in [2.05, 4.69) is 9.71 Å². The number of sulfonamides is 1. The van der Waals surface area contributed by atoms with Crippen LogP contribution in [0.15, 0.2) is 28.3 Å². The molecule has 2 aliphatic rings. The van der Waals surface area contributed by atoms with Gasteiger partial charge in [0, 0.05) is 19.3 Å². The van der Waals surface area contributed by atoms with Crippen LogP contribution in [0.3, 0.4) is 0 Å². The number of hydrogen-bond acceptors (Lipinski definition) is 5. The van der Waals surface area contributed by atoms with Gasteiger partial charge in [0.2, 0.25) is 0 Å². The zero-order chi connectivity index (χ0) is 17.3. The van der Waals surface area contributed by atoms with Crippen LogP contribution in [0.25, 0.3) is 0 Å². The molecule has 0 aromatic rings. The summed E-state index contributed by atoms with van der Waals surface area (Å²) in [6.45, 7) is 3.67. The second-order valence-electron chi connectivity index (χ2n) is 6.04. The molecule has 0 radical (unpaired) electrons. The third-order valence-corrected chi connectivity index (χ3v) is 4.86. The highest BCUT2D eigenvalue weighted by molar-refractivity contribution is 7.90. The Balaban J connectivity index is 1.96. The minimum Gasteiger partial charge on any atom is -0.481 e. The first kappa shape index (κ1) is 17.2. The minimum atomic E-state index is -3.42. The molecule has 126 valence electrons. The van der Waals surface area contributed by atoms with Gasteiger partial charge in [-0.25, -0.2) is 8.42 Å². The maximum Gasteiger partial charge on any atom is 0.309 e. The molecule has 0 saturated heterocycles. The van der Waals surface area contributed by atoms with Gasteiger partial charge in [0.15, 0.2) is 0 Å². The molecule has 0 fully saturated rings. The Morgan fingerprint density at radius 3 is 2.74 bits per heavy atom. The fourth-order valence-electron chi connectivity index (χ4n) is 2.03. The Kier molecular flexibility index (Phi) is 4.60. The van der Waals surface area contributed by atoms with Crippen molar-refractivity contribution in [3.8, 4) is 0 Å². The SMILES string of the molecule is CC(C)(CCNC(=O)C1=CN2CCS(=O)(=O)N=C2C=C1)C(=O)O. The molecule has 0 atom stereocenters. The van der Waals surface area contributed by atoms with Crippen LogP contribution in [0, 0.1) is 5.41 Å². The molecule has 0 aromatic heterocycles. The van der Waals surface area contributed by atoms with E-state index >= 15 is 0 Å². The van der Waals surface area contributed by atoms with E-state index in [9.17, 15) is 18.0 Å². The smallest absolute Gasteiger partial charge is 0.309 e. The lowest BCUT2D eigenvalue weighted by molar-refractivity contribution is -0.147. The molecular formula is C14H19N3O5S. The molecule has 2 aliphatic heterocycles. The van der Waals surface area contributed by atoms with Gasteiger partial charge in [-0.2, -0.15) is 0 Å². The lowest BCUT2D eigenvalue weighted by atomic mass is 9.89. The maximum absolute atomic E-state index is 12.1. The quantitative estimate of drug-likeness (QED) is 0.733. The van der Waals surface area contributed by atoms with E-state index in [1.807, 2.05) is 0 Å². The van der Waals surface area contributed by atoms with Crippen LogP contribution in [0.2, 0.25) is 0 Å². The topological polar surface area (TPSA) is 116 Å². The Hall–Kier alpha value is -2.16. The van der Waals surface area contributed by atoms with Crippen LogP contribution in [-0.4, -0.2) is 55.0 Å². The molecule has 2 heterocycles. The van der Waals surface area contributed by atoms with Gasteiger partial charge in [0.05, 0.1) is 16.7 Å². The molecule has 2 rings (SSSR count). The highest BCUT2D eigenvalue weighted by atomic mass is 32.2. The van der Waals surface area contributed by atoms with E-state index in [4.69, 9.17) is 5.11 Å². The Morgan fingerprint density at radius 2 is 2.09 bits per heavy atom. The molecule has 1 amide bonds. The molecule has 0 aromatic carbocycles. The predicted octanol–water partition coefficient (Wildman–Crippen LogP) is 0.101.